The van der Waals surface area contributed by atoms with E-state index < -0.39 is 5.97 Å². The first-order chi connectivity index (χ1) is 8.50. The summed E-state index contributed by atoms with van der Waals surface area (Å²) in [6, 6.07) is 0. The number of carboxylic acids is 1. The third-order valence-corrected chi connectivity index (χ3v) is 3.26. The molecule has 5 nitrogen and oxygen atoms in total. The molecule has 0 aliphatic carbocycles. The van der Waals surface area contributed by atoms with Gasteiger partial charge in [0.15, 0.2) is 0 Å². The van der Waals surface area contributed by atoms with Crippen molar-refractivity contribution in [2.75, 3.05) is 26.3 Å². The quantitative estimate of drug-likeness (QED) is 0.730. The zero-order valence-corrected chi connectivity index (χ0v) is 11.2. The summed E-state index contributed by atoms with van der Waals surface area (Å²) < 4.78 is 5.33. The molecule has 1 aliphatic heterocycles. The highest BCUT2D eigenvalue weighted by Gasteiger charge is 2.26. The minimum absolute atomic E-state index is 0.0254. The number of aliphatic carboxylic acids is 1. The number of ether oxygens (including phenoxy) is 1. The molecule has 0 unspecified atom stereocenters. The van der Waals surface area contributed by atoms with Gasteiger partial charge in [-0.25, -0.2) is 0 Å². The highest BCUT2D eigenvalue weighted by molar-refractivity contribution is 5.78. The van der Waals surface area contributed by atoms with Crippen LogP contribution in [0.1, 0.15) is 33.1 Å². The minimum Gasteiger partial charge on any atom is -0.481 e. The van der Waals surface area contributed by atoms with Crippen molar-refractivity contribution in [3.63, 3.8) is 0 Å². The lowest BCUT2D eigenvalue weighted by molar-refractivity contribution is -0.146. The Labute approximate surface area is 108 Å². The summed E-state index contributed by atoms with van der Waals surface area (Å²) in [4.78, 5) is 24.3. The molecule has 1 rings (SSSR count). The number of rotatable bonds is 6. The van der Waals surface area contributed by atoms with Gasteiger partial charge in [0, 0.05) is 19.7 Å². The summed E-state index contributed by atoms with van der Waals surface area (Å²) in [5.41, 5.74) is 0. The first-order valence-electron chi connectivity index (χ1n) is 6.59. The number of hydrogen-bond acceptors (Lipinski definition) is 3. The zero-order chi connectivity index (χ0) is 13.5. The van der Waals surface area contributed by atoms with E-state index in [2.05, 4.69) is 13.8 Å². The van der Waals surface area contributed by atoms with Crippen molar-refractivity contribution in [1.82, 2.24) is 4.90 Å². The first-order valence-corrected chi connectivity index (χ1v) is 6.59. The van der Waals surface area contributed by atoms with Crippen LogP contribution < -0.4 is 0 Å². The Morgan fingerprint density at radius 2 is 1.94 bits per heavy atom. The predicted molar refractivity (Wildman–Crippen MR) is 67.2 cm³/mol. The highest BCUT2D eigenvalue weighted by Crippen LogP contribution is 2.17. The van der Waals surface area contributed by atoms with E-state index in [9.17, 15) is 9.59 Å². The van der Waals surface area contributed by atoms with Crippen LogP contribution in [0.2, 0.25) is 0 Å². The van der Waals surface area contributed by atoms with Crippen molar-refractivity contribution in [3.8, 4) is 0 Å². The lowest BCUT2D eigenvalue weighted by atomic mass is 9.97. The fourth-order valence-corrected chi connectivity index (χ4v) is 1.95. The Bertz CT molecular complexity index is 283. The molecule has 0 aromatic heterocycles. The van der Waals surface area contributed by atoms with Gasteiger partial charge in [0.2, 0.25) is 5.91 Å². The standard InChI is InChI=1S/C13H23NO4/c1-10(2)5-8-18-9-12(15)14-6-3-11(4-7-14)13(16)17/h10-11H,3-9H2,1-2H3,(H,16,17). The molecule has 0 bridgehead atoms. The van der Waals surface area contributed by atoms with Gasteiger partial charge in [-0.3, -0.25) is 9.59 Å². The predicted octanol–water partition coefficient (Wildman–Crippen LogP) is 1.37. The number of carbonyl (C=O) groups excluding carboxylic acids is 1. The van der Waals surface area contributed by atoms with Crippen LogP contribution in [0.4, 0.5) is 0 Å². The summed E-state index contributed by atoms with van der Waals surface area (Å²) in [6.07, 6.45) is 2.05. The van der Waals surface area contributed by atoms with E-state index in [0.29, 0.717) is 38.5 Å². The van der Waals surface area contributed by atoms with Crippen LogP contribution in [-0.4, -0.2) is 48.2 Å². The fraction of sp³-hybridized carbons (Fsp3) is 0.846. The molecule has 0 radical (unpaired) electrons. The van der Waals surface area contributed by atoms with Crippen molar-refractivity contribution in [2.45, 2.75) is 33.1 Å². The van der Waals surface area contributed by atoms with E-state index in [0.717, 1.165) is 6.42 Å². The average molecular weight is 257 g/mol. The summed E-state index contributed by atoms with van der Waals surface area (Å²) >= 11 is 0. The number of nitrogens with zero attached hydrogens (tertiary/aromatic N) is 1. The Hall–Kier alpha value is -1.10. The molecule has 1 fully saturated rings. The molecular weight excluding hydrogens is 234 g/mol. The minimum atomic E-state index is -0.754. The van der Waals surface area contributed by atoms with Gasteiger partial charge in [-0.15, -0.1) is 0 Å². The third kappa shape index (κ3) is 5.04. The van der Waals surface area contributed by atoms with E-state index >= 15 is 0 Å². The maximum Gasteiger partial charge on any atom is 0.306 e. The van der Waals surface area contributed by atoms with Gasteiger partial charge < -0.3 is 14.7 Å². The number of hydrogen-bond donors (Lipinski definition) is 1. The molecular formula is C13H23NO4. The SMILES string of the molecule is CC(C)CCOCC(=O)N1CCC(C(=O)O)CC1. The largest absolute Gasteiger partial charge is 0.481 e. The maximum absolute atomic E-state index is 11.8. The van der Waals surface area contributed by atoms with Gasteiger partial charge in [-0.1, -0.05) is 13.8 Å². The van der Waals surface area contributed by atoms with E-state index in [4.69, 9.17) is 9.84 Å². The van der Waals surface area contributed by atoms with Gasteiger partial charge in [0.1, 0.15) is 6.61 Å². The van der Waals surface area contributed by atoms with Crippen LogP contribution >= 0.6 is 0 Å². The van der Waals surface area contributed by atoms with E-state index in [1.54, 1.807) is 4.90 Å². The fourth-order valence-electron chi connectivity index (χ4n) is 1.95. The molecule has 0 saturated carbocycles. The average Bonchev–Trinajstić information content (AvgIpc) is 2.34. The number of amides is 1. The van der Waals surface area contributed by atoms with Crippen LogP contribution in [0.25, 0.3) is 0 Å². The highest BCUT2D eigenvalue weighted by atomic mass is 16.5. The summed E-state index contributed by atoms with van der Waals surface area (Å²) in [6.45, 7) is 6.01. The third-order valence-electron chi connectivity index (χ3n) is 3.26. The second-order valence-electron chi connectivity index (χ2n) is 5.23. The number of piperidine rings is 1. The monoisotopic (exact) mass is 257 g/mol. The molecule has 0 aromatic carbocycles. The second-order valence-corrected chi connectivity index (χ2v) is 5.23. The Kier molecular flexibility index (Phi) is 6.12. The van der Waals surface area contributed by atoms with Crippen LogP contribution in [-0.2, 0) is 14.3 Å². The number of carboxylic acid groups (broad SMARTS) is 1. The molecule has 1 aliphatic rings. The van der Waals surface area contributed by atoms with Gasteiger partial charge in [-0.05, 0) is 25.2 Å². The van der Waals surface area contributed by atoms with Crippen LogP contribution in [0.15, 0.2) is 0 Å². The van der Waals surface area contributed by atoms with E-state index in [-0.39, 0.29) is 18.4 Å². The smallest absolute Gasteiger partial charge is 0.306 e. The summed E-state index contributed by atoms with van der Waals surface area (Å²) in [5.74, 6) is -0.500. The van der Waals surface area contributed by atoms with Gasteiger partial charge >= 0.3 is 5.97 Å². The van der Waals surface area contributed by atoms with Crippen LogP contribution in [0.5, 0.6) is 0 Å². The lowest BCUT2D eigenvalue weighted by Crippen LogP contribution is -2.42. The second kappa shape index (κ2) is 7.36. The molecule has 0 spiro atoms. The van der Waals surface area contributed by atoms with Crippen molar-refractivity contribution in [2.24, 2.45) is 11.8 Å². The topological polar surface area (TPSA) is 66.8 Å². The van der Waals surface area contributed by atoms with Crippen LogP contribution in [0.3, 0.4) is 0 Å². The van der Waals surface area contributed by atoms with Crippen molar-refractivity contribution in [1.29, 1.82) is 0 Å². The molecule has 1 heterocycles. The molecule has 1 N–H and O–H groups in total. The molecule has 104 valence electrons. The Morgan fingerprint density at radius 3 is 2.44 bits per heavy atom. The first kappa shape index (κ1) is 15.0. The maximum atomic E-state index is 11.8. The van der Waals surface area contributed by atoms with Gasteiger partial charge in [0.05, 0.1) is 5.92 Å². The summed E-state index contributed by atoms with van der Waals surface area (Å²) in [7, 11) is 0. The van der Waals surface area contributed by atoms with Crippen LogP contribution in [0, 0.1) is 11.8 Å². The molecule has 1 saturated heterocycles. The van der Waals surface area contributed by atoms with Crippen molar-refractivity contribution < 1.29 is 19.4 Å². The molecule has 1 amide bonds. The normalized spacial score (nSPS) is 17.2. The number of carbonyl (C=O) groups is 2. The summed E-state index contributed by atoms with van der Waals surface area (Å²) in [5, 5.41) is 8.86. The van der Waals surface area contributed by atoms with Gasteiger partial charge in [0.25, 0.3) is 0 Å². The zero-order valence-electron chi connectivity index (χ0n) is 11.2. The Morgan fingerprint density at radius 1 is 1.33 bits per heavy atom. The van der Waals surface area contributed by atoms with Crippen molar-refractivity contribution in [3.05, 3.63) is 0 Å². The number of likely N-dealkylation sites (tertiary alicyclic amines) is 1. The molecule has 18 heavy (non-hydrogen) atoms. The molecule has 5 heteroatoms. The lowest BCUT2D eigenvalue weighted by Gasteiger charge is -2.30. The molecule has 0 aromatic rings. The van der Waals surface area contributed by atoms with Gasteiger partial charge in [-0.2, -0.15) is 0 Å². The van der Waals surface area contributed by atoms with E-state index in [1.165, 1.54) is 0 Å². The Balaban J connectivity index is 2.18. The van der Waals surface area contributed by atoms with Crippen molar-refractivity contribution >= 4 is 11.9 Å². The molecule has 0 atom stereocenters. The van der Waals surface area contributed by atoms with E-state index in [1.807, 2.05) is 0 Å².